The number of carbonyl (C=O) groups is 2. The molecule has 1 N–H and O–H groups in total. The van der Waals surface area contributed by atoms with Gasteiger partial charge in [-0.1, -0.05) is 6.07 Å². The predicted octanol–water partition coefficient (Wildman–Crippen LogP) is 0.779. The Balaban J connectivity index is 2.32. The van der Waals surface area contributed by atoms with Gasteiger partial charge in [0.2, 0.25) is 0 Å². The molecule has 112 valence electrons. The summed E-state index contributed by atoms with van der Waals surface area (Å²) in [7, 11) is 2.70. The van der Waals surface area contributed by atoms with Crippen molar-refractivity contribution in [1.82, 2.24) is 5.01 Å². The molecule has 0 aliphatic carbocycles. The molecule has 0 bridgehead atoms. The van der Waals surface area contributed by atoms with Gasteiger partial charge in [0.05, 0.1) is 14.2 Å². The van der Waals surface area contributed by atoms with Crippen LogP contribution in [0.3, 0.4) is 0 Å². The van der Waals surface area contributed by atoms with Crippen LogP contribution in [0.15, 0.2) is 29.4 Å². The van der Waals surface area contributed by atoms with Crippen molar-refractivity contribution in [2.45, 2.75) is 19.1 Å². The molecule has 1 atom stereocenters. The molecule has 1 aliphatic heterocycles. The van der Waals surface area contributed by atoms with E-state index in [1.807, 2.05) is 0 Å². The van der Waals surface area contributed by atoms with Crippen LogP contribution in [-0.4, -0.2) is 47.6 Å². The van der Waals surface area contributed by atoms with Crippen LogP contribution in [-0.2, 0) is 9.53 Å². The van der Waals surface area contributed by atoms with Crippen LogP contribution < -0.4 is 4.74 Å². The molecule has 1 amide bonds. The summed E-state index contributed by atoms with van der Waals surface area (Å²) in [6.07, 6.45) is -0.0879. The maximum absolute atomic E-state index is 12.4. The molecule has 7 nitrogen and oxygen atoms in total. The number of hydrazone groups is 1. The summed E-state index contributed by atoms with van der Waals surface area (Å²) in [5, 5.41) is 15.0. The van der Waals surface area contributed by atoms with Crippen LogP contribution in [0.5, 0.6) is 5.75 Å². The second kappa shape index (κ2) is 5.53. The molecule has 0 aromatic heterocycles. The Morgan fingerprint density at radius 3 is 2.71 bits per heavy atom. The van der Waals surface area contributed by atoms with Crippen molar-refractivity contribution in [2.75, 3.05) is 14.2 Å². The molecule has 1 aromatic rings. The number of carbonyl (C=O) groups excluding carboxylic acids is 2. The lowest BCUT2D eigenvalue weighted by Crippen LogP contribution is -2.43. The van der Waals surface area contributed by atoms with E-state index < -0.39 is 17.6 Å². The summed E-state index contributed by atoms with van der Waals surface area (Å²) in [5.41, 5.74) is -1.29. The minimum Gasteiger partial charge on any atom is -0.497 e. The molecule has 0 saturated carbocycles. The van der Waals surface area contributed by atoms with Crippen LogP contribution in [0.25, 0.3) is 0 Å². The van der Waals surface area contributed by atoms with Gasteiger partial charge in [-0.25, -0.2) is 4.79 Å². The number of esters is 1. The van der Waals surface area contributed by atoms with E-state index in [1.165, 1.54) is 27.2 Å². The van der Waals surface area contributed by atoms with Gasteiger partial charge in [0, 0.05) is 12.0 Å². The SMILES string of the molecule is COC(=O)C1=NN(C(=O)c2cccc(OC)c2)[C@@](C)(O)C1. The quantitative estimate of drug-likeness (QED) is 0.832. The fraction of sp³-hybridized carbons (Fsp3) is 0.357. The Morgan fingerprint density at radius 2 is 2.10 bits per heavy atom. The number of hydrogen-bond donors (Lipinski definition) is 1. The first-order valence-electron chi connectivity index (χ1n) is 6.26. The Bertz CT molecular complexity index is 609. The molecule has 0 saturated heterocycles. The Morgan fingerprint density at radius 1 is 1.38 bits per heavy atom. The number of ether oxygens (including phenoxy) is 2. The molecular weight excluding hydrogens is 276 g/mol. The van der Waals surface area contributed by atoms with Gasteiger partial charge < -0.3 is 14.6 Å². The van der Waals surface area contributed by atoms with Gasteiger partial charge >= 0.3 is 5.97 Å². The second-order valence-corrected chi connectivity index (χ2v) is 4.78. The highest BCUT2D eigenvalue weighted by Crippen LogP contribution is 2.27. The normalized spacial score (nSPS) is 21.0. The highest BCUT2D eigenvalue weighted by molar-refractivity contribution is 6.37. The molecule has 1 heterocycles. The van der Waals surface area contributed by atoms with Gasteiger partial charge in [-0.05, 0) is 25.1 Å². The average Bonchev–Trinajstić information content (AvgIpc) is 2.81. The zero-order valence-corrected chi connectivity index (χ0v) is 12.0. The number of hydrogen-bond acceptors (Lipinski definition) is 6. The lowest BCUT2D eigenvalue weighted by atomic mass is 10.1. The van der Waals surface area contributed by atoms with E-state index in [4.69, 9.17) is 4.74 Å². The van der Waals surface area contributed by atoms with Crippen molar-refractivity contribution in [1.29, 1.82) is 0 Å². The van der Waals surface area contributed by atoms with Crippen LogP contribution in [0.2, 0.25) is 0 Å². The van der Waals surface area contributed by atoms with Crippen LogP contribution in [0.1, 0.15) is 23.7 Å². The number of aliphatic hydroxyl groups is 1. The van der Waals surface area contributed by atoms with E-state index in [9.17, 15) is 14.7 Å². The number of rotatable bonds is 3. The van der Waals surface area contributed by atoms with E-state index in [2.05, 4.69) is 9.84 Å². The molecule has 21 heavy (non-hydrogen) atoms. The standard InChI is InChI=1S/C14H16N2O5/c1-14(19)8-11(13(18)21-3)15-16(14)12(17)9-5-4-6-10(7-9)20-2/h4-7,19H,8H2,1-3H3/t14-/m0/s1. The topological polar surface area (TPSA) is 88.4 Å². The zero-order chi connectivity index (χ0) is 15.6. The fourth-order valence-corrected chi connectivity index (χ4v) is 2.03. The Hall–Kier alpha value is -2.41. The summed E-state index contributed by atoms with van der Waals surface area (Å²) < 4.78 is 9.61. The van der Waals surface area contributed by atoms with Crippen LogP contribution >= 0.6 is 0 Å². The molecular formula is C14H16N2O5. The molecule has 1 aliphatic rings. The van der Waals surface area contributed by atoms with Gasteiger partial charge in [0.25, 0.3) is 5.91 Å². The van der Waals surface area contributed by atoms with E-state index in [-0.39, 0.29) is 12.1 Å². The lowest BCUT2D eigenvalue weighted by molar-refractivity contribution is -0.133. The van der Waals surface area contributed by atoms with Crippen LogP contribution in [0.4, 0.5) is 0 Å². The zero-order valence-electron chi connectivity index (χ0n) is 12.0. The van der Waals surface area contributed by atoms with Crippen molar-refractivity contribution >= 4 is 17.6 Å². The average molecular weight is 292 g/mol. The third-order valence-electron chi connectivity index (χ3n) is 3.11. The van der Waals surface area contributed by atoms with Gasteiger partial charge in [-0.3, -0.25) is 4.79 Å². The van der Waals surface area contributed by atoms with Gasteiger partial charge in [-0.2, -0.15) is 10.1 Å². The minimum atomic E-state index is -1.58. The largest absolute Gasteiger partial charge is 0.497 e. The Kier molecular flexibility index (Phi) is 3.95. The molecule has 0 radical (unpaired) electrons. The molecule has 0 fully saturated rings. The maximum Gasteiger partial charge on any atom is 0.354 e. The Labute approximate surface area is 121 Å². The molecule has 2 rings (SSSR count). The van der Waals surface area contributed by atoms with Crippen molar-refractivity contribution in [3.05, 3.63) is 29.8 Å². The summed E-state index contributed by atoms with van der Waals surface area (Å²) >= 11 is 0. The van der Waals surface area contributed by atoms with Crippen molar-refractivity contribution in [2.24, 2.45) is 5.10 Å². The van der Waals surface area contributed by atoms with Gasteiger partial charge in [0.15, 0.2) is 11.4 Å². The third kappa shape index (κ3) is 2.87. The fourth-order valence-electron chi connectivity index (χ4n) is 2.03. The van der Waals surface area contributed by atoms with Crippen molar-refractivity contribution in [3.8, 4) is 5.75 Å². The van der Waals surface area contributed by atoms with Gasteiger partial charge in [-0.15, -0.1) is 0 Å². The first kappa shape index (κ1) is 15.0. The predicted molar refractivity (Wildman–Crippen MR) is 73.9 cm³/mol. The number of benzene rings is 1. The molecule has 7 heteroatoms. The summed E-state index contributed by atoms with van der Waals surface area (Å²) in [6, 6.07) is 6.46. The smallest absolute Gasteiger partial charge is 0.354 e. The van der Waals surface area contributed by atoms with Crippen molar-refractivity contribution < 1.29 is 24.2 Å². The van der Waals surface area contributed by atoms with E-state index in [1.54, 1.807) is 18.2 Å². The monoisotopic (exact) mass is 292 g/mol. The number of methoxy groups -OCH3 is 2. The number of amides is 1. The first-order chi connectivity index (χ1) is 9.89. The van der Waals surface area contributed by atoms with Crippen molar-refractivity contribution in [3.63, 3.8) is 0 Å². The lowest BCUT2D eigenvalue weighted by Gasteiger charge is -2.26. The van der Waals surface area contributed by atoms with E-state index in [0.717, 1.165) is 5.01 Å². The molecule has 0 unspecified atom stereocenters. The first-order valence-corrected chi connectivity index (χ1v) is 6.26. The summed E-state index contributed by atoms with van der Waals surface area (Å²) in [5.74, 6) is -0.689. The molecule has 1 aromatic carbocycles. The molecule has 0 spiro atoms. The maximum atomic E-state index is 12.4. The minimum absolute atomic E-state index is 0.00116. The third-order valence-corrected chi connectivity index (χ3v) is 3.11. The number of nitrogens with zero attached hydrogens (tertiary/aromatic N) is 2. The summed E-state index contributed by atoms with van der Waals surface area (Å²) in [6.45, 7) is 1.41. The highest BCUT2D eigenvalue weighted by atomic mass is 16.5. The van der Waals surface area contributed by atoms with Gasteiger partial charge in [0.1, 0.15) is 5.75 Å². The summed E-state index contributed by atoms with van der Waals surface area (Å²) in [4.78, 5) is 23.9. The second-order valence-electron chi connectivity index (χ2n) is 4.78. The van der Waals surface area contributed by atoms with E-state index >= 15 is 0 Å². The van der Waals surface area contributed by atoms with E-state index in [0.29, 0.717) is 11.3 Å². The van der Waals surface area contributed by atoms with Crippen LogP contribution in [0, 0.1) is 0 Å². The highest BCUT2D eigenvalue weighted by Gasteiger charge is 2.43.